The number of imidazole rings is 1. The molecule has 5 rings (SSSR count). The first-order valence-electron chi connectivity index (χ1n) is 10.1. The van der Waals surface area contributed by atoms with Crippen LogP contribution >= 0.6 is 0 Å². The summed E-state index contributed by atoms with van der Waals surface area (Å²) in [7, 11) is 0. The minimum Gasteiger partial charge on any atom is -0.435 e. The highest BCUT2D eigenvalue weighted by molar-refractivity contribution is 5.92. The van der Waals surface area contributed by atoms with E-state index in [0.717, 1.165) is 27.9 Å². The second-order valence-corrected chi connectivity index (χ2v) is 8.65. The number of benzene rings is 1. The lowest BCUT2D eigenvalue weighted by Gasteiger charge is -2.34. The summed E-state index contributed by atoms with van der Waals surface area (Å²) in [5.74, 6) is 0.583. The van der Waals surface area contributed by atoms with E-state index in [1.54, 1.807) is 11.2 Å². The molecule has 0 radical (unpaired) electrons. The van der Waals surface area contributed by atoms with Crippen LogP contribution in [0.1, 0.15) is 60.3 Å². The molecule has 0 aliphatic carbocycles. The Bertz CT molecular complexity index is 1230. The van der Waals surface area contributed by atoms with Gasteiger partial charge in [0.15, 0.2) is 0 Å². The fraction of sp³-hybridized carbons (Fsp3) is 0.304. The van der Waals surface area contributed by atoms with Gasteiger partial charge >= 0.3 is 0 Å². The molecule has 0 saturated carbocycles. The smallest absolute Gasteiger partial charge is 0.292 e. The van der Waals surface area contributed by atoms with Crippen molar-refractivity contribution >= 4 is 16.7 Å². The fourth-order valence-corrected chi connectivity index (χ4v) is 3.91. The molecule has 1 amide bonds. The molecule has 0 unspecified atom stereocenters. The molecule has 152 valence electrons. The van der Waals surface area contributed by atoms with Gasteiger partial charge in [0.05, 0.1) is 23.9 Å². The van der Waals surface area contributed by atoms with Crippen LogP contribution in [0.25, 0.3) is 10.8 Å². The lowest BCUT2D eigenvalue weighted by atomic mass is 9.97. The van der Waals surface area contributed by atoms with Crippen LogP contribution < -0.4 is 0 Å². The molecule has 1 aliphatic rings. The van der Waals surface area contributed by atoms with Gasteiger partial charge in [-0.15, -0.1) is 0 Å². The SMILES string of the molecule is CC(C)(C)c1ncc(C(=O)N2CCc3[nH]cnc3[C@@H]2c2cc3ccccc3cn2)o1. The first-order valence-corrected chi connectivity index (χ1v) is 10.1. The zero-order chi connectivity index (χ0) is 20.9. The molecule has 0 fully saturated rings. The number of H-pyrrole nitrogens is 1. The molecule has 7 nitrogen and oxygen atoms in total. The van der Waals surface area contributed by atoms with E-state index in [0.29, 0.717) is 18.9 Å². The highest BCUT2D eigenvalue weighted by atomic mass is 16.4. The van der Waals surface area contributed by atoms with Gasteiger partial charge in [-0.2, -0.15) is 0 Å². The number of hydrogen-bond donors (Lipinski definition) is 1. The number of amides is 1. The molecule has 1 N–H and O–H groups in total. The Hall–Kier alpha value is -3.48. The van der Waals surface area contributed by atoms with E-state index in [1.807, 2.05) is 57.3 Å². The Morgan fingerprint density at radius 3 is 2.70 bits per heavy atom. The highest BCUT2D eigenvalue weighted by Crippen LogP contribution is 2.35. The first kappa shape index (κ1) is 18.5. The maximum absolute atomic E-state index is 13.4. The van der Waals surface area contributed by atoms with Crippen LogP contribution in [-0.2, 0) is 11.8 Å². The number of carbonyl (C=O) groups excluding carboxylic acids is 1. The van der Waals surface area contributed by atoms with Gasteiger partial charge in [0.1, 0.15) is 6.04 Å². The van der Waals surface area contributed by atoms with E-state index in [9.17, 15) is 4.79 Å². The topological polar surface area (TPSA) is 87.9 Å². The fourth-order valence-electron chi connectivity index (χ4n) is 3.91. The minimum absolute atomic E-state index is 0.202. The maximum Gasteiger partial charge on any atom is 0.292 e. The summed E-state index contributed by atoms with van der Waals surface area (Å²) in [5, 5.41) is 2.13. The average Bonchev–Trinajstić information content (AvgIpc) is 3.41. The molecule has 0 saturated heterocycles. The quantitative estimate of drug-likeness (QED) is 0.548. The van der Waals surface area contributed by atoms with Gasteiger partial charge in [0.25, 0.3) is 5.91 Å². The summed E-state index contributed by atoms with van der Waals surface area (Å²) in [6.45, 7) is 6.56. The molecule has 0 spiro atoms. The molecule has 1 aromatic carbocycles. The molecule has 3 aromatic heterocycles. The number of carbonyl (C=O) groups is 1. The molecular formula is C23H23N5O2. The second kappa shape index (κ2) is 6.79. The van der Waals surface area contributed by atoms with Gasteiger partial charge < -0.3 is 14.3 Å². The van der Waals surface area contributed by atoms with Crippen molar-refractivity contribution in [2.75, 3.05) is 6.54 Å². The van der Waals surface area contributed by atoms with E-state index in [4.69, 9.17) is 4.42 Å². The van der Waals surface area contributed by atoms with Gasteiger partial charge in [-0.1, -0.05) is 45.0 Å². The number of rotatable bonds is 2. The Balaban J connectivity index is 1.58. The number of aromatic amines is 1. The Morgan fingerprint density at radius 2 is 1.93 bits per heavy atom. The number of nitrogens with one attached hydrogen (secondary N) is 1. The normalized spacial score (nSPS) is 16.6. The lowest BCUT2D eigenvalue weighted by Crippen LogP contribution is -2.41. The summed E-state index contributed by atoms with van der Waals surface area (Å²) in [6.07, 6.45) is 5.75. The molecule has 7 heteroatoms. The lowest BCUT2D eigenvalue weighted by molar-refractivity contribution is 0.0651. The van der Waals surface area contributed by atoms with Gasteiger partial charge in [-0.3, -0.25) is 9.78 Å². The summed E-state index contributed by atoms with van der Waals surface area (Å²) < 4.78 is 5.84. The Morgan fingerprint density at radius 1 is 1.13 bits per heavy atom. The third-order valence-corrected chi connectivity index (χ3v) is 5.48. The number of aromatic nitrogens is 4. The van der Waals surface area contributed by atoms with Gasteiger partial charge in [0.2, 0.25) is 11.7 Å². The number of hydrogen-bond acceptors (Lipinski definition) is 5. The van der Waals surface area contributed by atoms with Crippen LogP contribution in [0.5, 0.6) is 0 Å². The predicted octanol–water partition coefficient (Wildman–Crippen LogP) is 4.03. The summed E-state index contributed by atoms with van der Waals surface area (Å²) >= 11 is 0. The zero-order valence-corrected chi connectivity index (χ0v) is 17.2. The van der Waals surface area contributed by atoms with Crippen LogP contribution in [0.3, 0.4) is 0 Å². The van der Waals surface area contributed by atoms with Crippen molar-refractivity contribution in [3.05, 3.63) is 77.8 Å². The Labute approximate surface area is 174 Å². The van der Waals surface area contributed by atoms with Crippen LogP contribution in [0, 0.1) is 0 Å². The molecule has 4 heterocycles. The summed E-state index contributed by atoms with van der Waals surface area (Å²) in [6, 6.07) is 9.71. The van der Waals surface area contributed by atoms with Crippen molar-refractivity contribution in [3.63, 3.8) is 0 Å². The third-order valence-electron chi connectivity index (χ3n) is 5.48. The highest BCUT2D eigenvalue weighted by Gasteiger charge is 2.37. The molecule has 1 atom stereocenters. The molecule has 1 aliphatic heterocycles. The monoisotopic (exact) mass is 401 g/mol. The maximum atomic E-state index is 13.4. The van der Waals surface area contributed by atoms with Crippen LogP contribution in [0.4, 0.5) is 0 Å². The van der Waals surface area contributed by atoms with Gasteiger partial charge in [-0.25, -0.2) is 9.97 Å². The van der Waals surface area contributed by atoms with E-state index >= 15 is 0 Å². The standard InChI is InChI=1S/C23H23N5O2/c1-23(2,3)22-25-12-18(30-22)21(29)28-9-8-16-19(27-13-26-16)20(28)17-10-14-6-4-5-7-15(14)11-24-17/h4-7,10-13,20H,8-9H2,1-3H3,(H,26,27)/t20-/m0/s1. The van der Waals surface area contributed by atoms with E-state index in [2.05, 4.69) is 19.9 Å². The van der Waals surface area contributed by atoms with Gasteiger partial charge in [-0.05, 0) is 11.5 Å². The van der Waals surface area contributed by atoms with Crippen LogP contribution in [0.2, 0.25) is 0 Å². The van der Waals surface area contributed by atoms with E-state index in [-0.39, 0.29) is 23.1 Å². The van der Waals surface area contributed by atoms with Crippen molar-refractivity contribution < 1.29 is 9.21 Å². The summed E-state index contributed by atoms with van der Waals surface area (Å²) in [5.41, 5.74) is 2.38. The van der Waals surface area contributed by atoms with Crippen molar-refractivity contribution in [3.8, 4) is 0 Å². The number of fused-ring (bicyclic) bond motifs is 2. The van der Waals surface area contributed by atoms with Crippen LogP contribution in [-0.4, -0.2) is 37.3 Å². The van der Waals surface area contributed by atoms with Gasteiger partial charge in [0, 0.05) is 35.7 Å². The predicted molar refractivity (Wildman–Crippen MR) is 112 cm³/mol. The van der Waals surface area contributed by atoms with Crippen molar-refractivity contribution in [1.82, 2.24) is 24.8 Å². The van der Waals surface area contributed by atoms with Crippen molar-refractivity contribution in [2.24, 2.45) is 0 Å². The van der Waals surface area contributed by atoms with E-state index in [1.165, 1.54) is 6.20 Å². The van der Waals surface area contributed by atoms with Crippen molar-refractivity contribution in [1.29, 1.82) is 0 Å². The summed E-state index contributed by atoms with van der Waals surface area (Å²) in [4.78, 5) is 32.0. The number of pyridine rings is 1. The number of nitrogens with zero attached hydrogens (tertiary/aromatic N) is 4. The van der Waals surface area contributed by atoms with E-state index < -0.39 is 0 Å². The van der Waals surface area contributed by atoms with Crippen molar-refractivity contribution in [2.45, 2.75) is 38.6 Å². The molecular weight excluding hydrogens is 378 g/mol. The largest absolute Gasteiger partial charge is 0.435 e. The third kappa shape index (κ3) is 3.07. The van der Waals surface area contributed by atoms with Crippen LogP contribution in [0.15, 0.2) is 53.5 Å². The molecule has 0 bridgehead atoms. The molecule has 4 aromatic rings. The second-order valence-electron chi connectivity index (χ2n) is 8.65. The molecule has 30 heavy (non-hydrogen) atoms. The Kier molecular flexibility index (Phi) is 4.20. The number of oxazole rings is 1. The zero-order valence-electron chi connectivity index (χ0n) is 17.2. The first-order chi connectivity index (χ1) is 14.4. The minimum atomic E-state index is -0.389. The average molecular weight is 401 g/mol.